The van der Waals surface area contributed by atoms with Gasteiger partial charge in [-0.2, -0.15) is 0 Å². The van der Waals surface area contributed by atoms with Gasteiger partial charge in [-0.25, -0.2) is 18.1 Å². The number of oxazole rings is 1. The molecule has 0 aliphatic heterocycles. The van der Waals surface area contributed by atoms with Crippen molar-refractivity contribution in [1.29, 1.82) is 0 Å². The van der Waals surface area contributed by atoms with E-state index in [9.17, 15) is 8.42 Å². The van der Waals surface area contributed by atoms with E-state index in [1.807, 2.05) is 31.2 Å². The summed E-state index contributed by atoms with van der Waals surface area (Å²) in [6.45, 7) is 2.05. The number of benzene rings is 1. The average molecular weight is 333 g/mol. The minimum atomic E-state index is -3.52. The molecule has 0 aliphatic carbocycles. The first-order valence-electron chi connectivity index (χ1n) is 6.90. The first-order valence-corrected chi connectivity index (χ1v) is 8.55. The molecule has 3 rings (SSSR count). The molecule has 3 aromatic rings. The van der Waals surface area contributed by atoms with Gasteiger partial charge in [0.15, 0.2) is 0 Å². The van der Waals surface area contributed by atoms with Crippen LogP contribution in [-0.2, 0) is 22.3 Å². The van der Waals surface area contributed by atoms with Gasteiger partial charge in [0.25, 0.3) is 0 Å². The van der Waals surface area contributed by atoms with E-state index in [0.29, 0.717) is 17.3 Å². The molecule has 0 fully saturated rings. The third-order valence-electron chi connectivity index (χ3n) is 3.15. The highest BCUT2D eigenvalue weighted by Gasteiger charge is 2.15. The maximum absolute atomic E-state index is 11.9. The third kappa shape index (κ3) is 4.05. The molecule has 23 heavy (non-hydrogen) atoms. The molecule has 0 atom stereocenters. The van der Waals surface area contributed by atoms with Gasteiger partial charge in [0.1, 0.15) is 18.3 Å². The number of sulfonamides is 1. The summed E-state index contributed by atoms with van der Waals surface area (Å²) in [6, 6.07) is 9.23. The fourth-order valence-electron chi connectivity index (χ4n) is 1.96. The van der Waals surface area contributed by atoms with Crippen LogP contribution in [0.15, 0.2) is 51.8 Å². The Kier molecular flexibility index (Phi) is 4.26. The van der Waals surface area contributed by atoms with Crippen molar-refractivity contribution in [1.82, 2.24) is 14.9 Å². The van der Waals surface area contributed by atoms with E-state index in [2.05, 4.69) is 19.4 Å². The van der Waals surface area contributed by atoms with E-state index in [1.54, 1.807) is 0 Å². The third-order valence-corrected chi connectivity index (χ3v) is 4.41. The second-order valence-corrected chi connectivity index (χ2v) is 6.89. The summed E-state index contributed by atoms with van der Waals surface area (Å²) in [7, 11) is -3.52. The number of nitrogens with zero attached hydrogens (tertiary/aromatic N) is 2. The van der Waals surface area contributed by atoms with Crippen molar-refractivity contribution in [3.8, 4) is 11.5 Å². The van der Waals surface area contributed by atoms with Crippen LogP contribution in [0.5, 0.6) is 0 Å². The number of aromatic nitrogens is 2. The molecular formula is C15H15N3O4S. The molecule has 0 bridgehead atoms. The topological polar surface area (TPSA) is 98.2 Å². The van der Waals surface area contributed by atoms with E-state index in [4.69, 9.17) is 4.42 Å². The summed E-state index contributed by atoms with van der Waals surface area (Å²) in [6.07, 6.45) is 2.77. The van der Waals surface area contributed by atoms with Crippen molar-refractivity contribution in [2.24, 2.45) is 0 Å². The molecular weight excluding hydrogens is 318 g/mol. The first kappa shape index (κ1) is 15.4. The minimum absolute atomic E-state index is 0.0511. The van der Waals surface area contributed by atoms with Crippen LogP contribution in [-0.4, -0.2) is 18.6 Å². The Morgan fingerprint density at radius 2 is 1.91 bits per heavy atom. The Hall–Kier alpha value is -2.45. The van der Waals surface area contributed by atoms with Gasteiger partial charge in [-0.05, 0) is 19.1 Å². The Bertz CT molecular complexity index is 868. The van der Waals surface area contributed by atoms with Gasteiger partial charge in [-0.1, -0.05) is 22.9 Å². The molecule has 0 saturated heterocycles. The van der Waals surface area contributed by atoms with Crippen LogP contribution in [0.1, 0.15) is 17.0 Å². The number of nitrogens with one attached hydrogen (secondary N) is 1. The maximum atomic E-state index is 11.9. The van der Waals surface area contributed by atoms with Gasteiger partial charge < -0.3 is 8.94 Å². The SMILES string of the molecule is Cc1ccc(-c2nc(CNS(=O)(=O)Cc3ccon3)co2)cc1. The largest absolute Gasteiger partial charge is 0.444 e. The highest BCUT2D eigenvalue weighted by molar-refractivity contribution is 7.88. The Morgan fingerprint density at radius 3 is 2.61 bits per heavy atom. The van der Waals surface area contributed by atoms with Gasteiger partial charge in [-0.15, -0.1) is 0 Å². The van der Waals surface area contributed by atoms with Gasteiger partial charge in [0.2, 0.25) is 15.9 Å². The molecule has 2 heterocycles. The van der Waals surface area contributed by atoms with Crippen molar-refractivity contribution in [2.75, 3.05) is 0 Å². The number of hydrogen-bond donors (Lipinski definition) is 1. The minimum Gasteiger partial charge on any atom is -0.444 e. The first-order chi connectivity index (χ1) is 11.0. The summed E-state index contributed by atoms with van der Waals surface area (Å²) in [5.41, 5.74) is 2.83. The molecule has 120 valence electrons. The Labute approximate surface area is 133 Å². The molecule has 0 spiro atoms. The van der Waals surface area contributed by atoms with Gasteiger partial charge >= 0.3 is 0 Å². The number of hydrogen-bond acceptors (Lipinski definition) is 6. The smallest absolute Gasteiger partial charge is 0.226 e. The fourth-order valence-corrected chi connectivity index (χ4v) is 2.97. The zero-order valence-corrected chi connectivity index (χ0v) is 13.2. The normalized spacial score (nSPS) is 11.7. The van der Waals surface area contributed by atoms with Gasteiger partial charge in [0, 0.05) is 11.6 Å². The van der Waals surface area contributed by atoms with E-state index < -0.39 is 10.0 Å². The zero-order valence-electron chi connectivity index (χ0n) is 12.4. The van der Waals surface area contributed by atoms with Gasteiger partial charge in [-0.3, -0.25) is 0 Å². The predicted octanol–water partition coefficient (Wildman–Crippen LogP) is 2.26. The van der Waals surface area contributed by atoms with Crippen molar-refractivity contribution in [2.45, 2.75) is 19.2 Å². The maximum Gasteiger partial charge on any atom is 0.226 e. The van der Waals surface area contributed by atoms with E-state index >= 15 is 0 Å². The molecule has 0 radical (unpaired) electrons. The summed E-state index contributed by atoms with van der Waals surface area (Å²) < 4.78 is 36.3. The van der Waals surface area contributed by atoms with Crippen LogP contribution in [0.2, 0.25) is 0 Å². The predicted molar refractivity (Wildman–Crippen MR) is 82.6 cm³/mol. The molecule has 0 amide bonds. The van der Waals surface area contributed by atoms with Crippen molar-refractivity contribution in [3.63, 3.8) is 0 Å². The standard InChI is InChI=1S/C15H15N3O4S/c1-11-2-4-12(5-3-11)15-17-14(9-21-15)8-16-23(19,20)10-13-6-7-22-18-13/h2-7,9,16H,8,10H2,1H3. The van der Waals surface area contributed by atoms with Crippen LogP contribution >= 0.6 is 0 Å². The van der Waals surface area contributed by atoms with Crippen molar-refractivity contribution in [3.05, 3.63) is 59.8 Å². The quantitative estimate of drug-likeness (QED) is 0.743. The lowest BCUT2D eigenvalue weighted by atomic mass is 10.1. The zero-order chi connectivity index (χ0) is 16.3. The summed E-state index contributed by atoms with van der Waals surface area (Å²) in [5, 5.41) is 3.58. The van der Waals surface area contributed by atoms with Gasteiger partial charge in [0.05, 0.1) is 17.9 Å². The molecule has 0 saturated carbocycles. The van der Waals surface area contributed by atoms with Crippen LogP contribution in [0.3, 0.4) is 0 Å². The van der Waals surface area contributed by atoms with Crippen molar-refractivity contribution >= 4 is 10.0 Å². The second kappa shape index (κ2) is 6.35. The highest BCUT2D eigenvalue weighted by atomic mass is 32.2. The molecule has 8 heteroatoms. The monoisotopic (exact) mass is 333 g/mol. The fraction of sp³-hybridized carbons (Fsp3) is 0.200. The summed E-state index contributed by atoms with van der Waals surface area (Å²) in [4.78, 5) is 4.28. The molecule has 0 aliphatic rings. The summed E-state index contributed by atoms with van der Waals surface area (Å²) >= 11 is 0. The molecule has 1 aromatic carbocycles. The molecule has 7 nitrogen and oxygen atoms in total. The van der Waals surface area contributed by atoms with E-state index in [-0.39, 0.29) is 12.3 Å². The molecule has 1 N–H and O–H groups in total. The lowest BCUT2D eigenvalue weighted by molar-refractivity contribution is 0.413. The van der Waals surface area contributed by atoms with Crippen LogP contribution in [0.25, 0.3) is 11.5 Å². The van der Waals surface area contributed by atoms with Crippen LogP contribution in [0.4, 0.5) is 0 Å². The lowest BCUT2D eigenvalue weighted by Gasteiger charge is -2.02. The van der Waals surface area contributed by atoms with Crippen molar-refractivity contribution < 1.29 is 17.4 Å². The number of aryl methyl sites for hydroxylation is 1. The Morgan fingerprint density at radius 1 is 1.13 bits per heavy atom. The lowest BCUT2D eigenvalue weighted by Crippen LogP contribution is -2.25. The molecule has 2 aromatic heterocycles. The van der Waals surface area contributed by atoms with E-state index in [1.165, 1.54) is 18.6 Å². The Balaban J connectivity index is 1.64. The van der Waals surface area contributed by atoms with E-state index in [0.717, 1.165) is 11.1 Å². The number of rotatable bonds is 6. The average Bonchev–Trinajstić information content (AvgIpc) is 3.17. The van der Waals surface area contributed by atoms with Crippen LogP contribution < -0.4 is 4.72 Å². The van der Waals surface area contributed by atoms with Crippen LogP contribution in [0, 0.1) is 6.92 Å². The summed E-state index contributed by atoms with van der Waals surface area (Å²) in [5.74, 6) is 0.210. The highest BCUT2D eigenvalue weighted by Crippen LogP contribution is 2.19. The second-order valence-electron chi connectivity index (χ2n) is 5.08. The molecule has 0 unspecified atom stereocenters.